The van der Waals surface area contributed by atoms with Gasteiger partial charge in [-0.1, -0.05) is 36.8 Å². The minimum Gasteiger partial charge on any atom is -0.368 e. The monoisotopic (exact) mass is 407 g/mol. The maximum atomic E-state index is 11.6. The quantitative estimate of drug-likeness (QED) is 0.392. The van der Waals surface area contributed by atoms with Gasteiger partial charge >= 0.3 is 15.2 Å². The van der Waals surface area contributed by atoms with Crippen LogP contribution < -0.4 is 5.32 Å². The van der Waals surface area contributed by atoms with Crippen LogP contribution in [0.3, 0.4) is 0 Å². The van der Waals surface area contributed by atoms with Crippen LogP contribution in [-0.4, -0.2) is 42.9 Å². The molecular formula is C16H27NO7P2. The molecule has 0 aromatic heterocycles. The Morgan fingerprint density at radius 3 is 2.23 bits per heavy atom. The number of benzene rings is 1. The zero-order chi connectivity index (χ0) is 19.4. The summed E-state index contributed by atoms with van der Waals surface area (Å²) < 4.78 is 23.2. The van der Waals surface area contributed by atoms with Crippen molar-refractivity contribution < 1.29 is 33.8 Å². The molecule has 0 aliphatic carbocycles. The Kier molecular flexibility index (Phi) is 7.22. The van der Waals surface area contributed by atoms with E-state index < -0.39 is 26.7 Å². The fourth-order valence-electron chi connectivity index (χ4n) is 3.56. The second-order valence-electron chi connectivity index (χ2n) is 6.88. The van der Waals surface area contributed by atoms with Gasteiger partial charge in [0.05, 0.1) is 0 Å². The topological polar surface area (TPSA) is 147 Å². The van der Waals surface area contributed by atoms with Gasteiger partial charge in [-0.15, -0.1) is 0 Å². The largest absolute Gasteiger partial charge is 0.369 e. The molecule has 0 saturated carbocycles. The lowest BCUT2D eigenvalue weighted by atomic mass is 9.79. The highest BCUT2D eigenvalue weighted by molar-refractivity contribution is 7.72. The van der Waals surface area contributed by atoms with E-state index in [1.807, 2.05) is 30.3 Å². The summed E-state index contributed by atoms with van der Waals surface area (Å²) in [5.74, 6) is -0.0240. The number of rotatable bonds is 6. The summed E-state index contributed by atoms with van der Waals surface area (Å²) in [6.45, 7) is 1.37. The smallest absolute Gasteiger partial charge is 0.368 e. The highest BCUT2D eigenvalue weighted by atomic mass is 31.2. The maximum Gasteiger partial charge on any atom is 0.369 e. The molecule has 10 heteroatoms. The minimum absolute atomic E-state index is 0.0826. The molecule has 1 saturated heterocycles. The lowest BCUT2D eigenvalue weighted by Crippen LogP contribution is -2.34. The normalized spacial score (nSPS) is 23.3. The van der Waals surface area contributed by atoms with E-state index in [9.17, 15) is 33.8 Å². The summed E-state index contributed by atoms with van der Waals surface area (Å²) in [5, 5.41) is 10.1. The van der Waals surface area contributed by atoms with E-state index in [2.05, 4.69) is 5.32 Å². The summed E-state index contributed by atoms with van der Waals surface area (Å²) in [6.07, 6.45) is 2.28. The molecule has 1 aromatic rings. The second-order valence-corrected chi connectivity index (χ2v) is 10.9. The van der Waals surface area contributed by atoms with Crippen molar-refractivity contribution in [2.45, 2.75) is 43.1 Å². The third-order valence-electron chi connectivity index (χ3n) is 5.11. The molecule has 1 aliphatic heterocycles. The van der Waals surface area contributed by atoms with Crippen LogP contribution in [0, 0.1) is 5.92 Å². The summed E-state index contributed by atoms with van der Waals surface area (Å²) in [7, 11) is -10.8. The van der Waals surface area contributed by atoms with Crippen molar-refractivity contribution in [3.63, 3.8) is 0 Å². The predicted molar refractivity (Wildman–Crippen MR) is 97.7 cm³/mol. The SMILES string of the molecule is O=P(O)(O)C(O)(CCC1CNCCCCC1c1ccccc1)P(=O)(O)O. The fourth-order valence-corrected chi connectivity index (χ4v) is 5.76. The van der Waals surface area contributed by atoms with Gasteiger partial charge in [0.1, 0.15) is 0 Å². The van der Waals surface area contributed by atoms with Gasteiger partial charge in [-0.3, -0.25) is 9.13 Å². The first kappa shape index (κ1) is 21.7. The van der Waals surface area contributed by atoms with E-state index in [1.165, 1.54) is 0 Å². The maximum absolute atomic E-state index is 11.6. The van der Waals surface area contributed by atoms with E-state index in [-0.39, 0.29) is 18.3 Å². The third-order valence-corrected chi connectivity index (χ3v) is 8.98. The summed E-state index contributed by atoms with van der Waals surface area (Å²) >= 11 is 0. The first-order valence-electron chi connectivity index (χ1n) is 8.65. The number of aliphatic hydroxyl groups is 1. The number of hydrogen-bond acceptors (Lipinski definition) is 4. The standard InChI is InChI=1S/C16H27NO7P2/c18-16(25(19,20)21,26(22,23)24)10-9-14-12-17-11-5-4-8-15(14)13-6-2-1-3-7-13/h1-3,6-7,14-15,17-18H,4-5,8-12H2,(H2,19,20,21)(H2,22,23,24). The lowest BCUT2D eigenvalue weighted by molar-refractivity contribution is 0.113. The van der Waals surface area contributed by atoms with Crippen LogP contribution in [0.4, 0.5) is 0 Å². The Morgan fingerprint density at radius 1 is 1.04 bits per heavy atom. The predicted octanol–water partition coefficient (Wildman–Crippen LogP) is 1.94. The molecule has 148 valence electrons. The second kappa shape index (κ2) is 8.63. The average Bonchev–Trinajstić information content (AvgIpc) is 2.52. The van der Waals surface area contributed by atoms with Crippen LogP contribution in [0.1, 0.15) is 43.6 Å². The van der Waals surface area contributed by atoms with Crippen molar-refractivity contribution in [1.82, 2.24) is 5.32 Å². The molecule has 2 unspecified atom stereocenters. The van der Waals surface area contributed by atoms with Crippen LogP contribution in [-0.2, 0) is 9.13 Å². The van der Waals surface area contributed by atoms with Crippen LogP contribution in [0.15, 0.2) is 30.3 Å². The van der Waals surface area contributed by atoms with Gasteiger partial charge in [0.15, 0.2) is 0 Å². The lowest BCUT2D eigenvalue weighted by Gasteiger charge is -2.34. The molecule has 0 spiro atoms. The Hall–Kier alpha value is -0.560. The summed E-state index contributed by atoms with van der Waals surface area (Å²) in [4.78, 5) is 37.4. The Bertz CT molecular complexity index is 650. The molecule has 8 nitrogen and oxygen atoms in total. The van der Waals surface area contributed by atoms with Crippen molar-refractivity contribution in [2.24, 2.45) is 5.92 Å². The number of nitrogens with one attached hydrogen (secondary N) is 1. The summed E-state index contributed by atoms with van der Waals surface area (Å²) in [5.41, 5.74) is 1.08. The number of hydrogen-bond donors (Lipinski definition) is 6. The highest BCUT2D eigenvalue weighted by Crippen LogP contribution is 2.69. The van der Waals surface area contributed by atoms with E-state index in [0.29, 0.717) is 6.54 Å². The minimum atomic E-state index is -5.42. The Labute approximate surface area is 153 Å². The third kappa shape index (κ3) is 5.03. The van der Waals surface area contributed by atoms with Crippen molar-refractivity contribution in [2.75, 3.05) is 13.1 Å². The van der Waals surface area contributed by atoms with Gasteiger partial charge in [-0.2, -0.15) is 0 Å². The van der Waals surface area contributed by atoms with Crippen molar-refractivity contribution in [1.29, 1.82) is 0 Å². The zero-order valence-corrected chi connectivity index (χ0v) is 16.2. The zero-order valence-electron chi connectivity index (χ0n) is 14.4. The van der Waals surface area contributed by atoms with E-state index in [1.54, 1.807) is 0 Å². The molecular weight excluding hydrogens is 380 g/mol. The molecule has 1 fully saturated rings. The molecule has 2 atom stereocenters. The molecule has 1 heterocycles. The highest BCUT2D eigenvalue weighted by Gasteiger charge is 2.59. The van der Waals surface area contributed by atoms with Crippen LogP contribution in [0.5, 0.6) is 0 Å². The van der Waals surface area contributed by atoms with E-state index in [0.717, 1.165) is 31.4 Å². The molecule has 0 radical (unpaired) electrons. The van der Waals surface area contributed by atoms with Gasteiger partial charge in [-0.25, -0.2) is 0 Å². The van der Waals surface area contributed by atoms with E-state index >= 15 is 0 Å². The van der Waals surface area contributed by atoms with Gasteiger partial charge in [0, 0.05) is 6.42 Å². The molecule has 6 N–H and O–H groups in total. The molecule has 0 amide bonds. The Balaban J connectivity index is 2.24. The Morgan fingerprint density at radius 2 is 1.65 bits per heavy atom. The first-order valence-corrected chi connectivity index (χ1v) is 11.9. The molecule has 1 aromatic carbocycles. The van der Waals surface area contributed by atoms with Crippen LogP contribution >= 0.6 is 15.2 Å². The van der Waals surface area contributed by atoms with Crippen molar-refractivity contribution >= 4 is 15.2 Å². The molecule has 26 heavy (non-hydrogen) atoms. The summed E-state index contributed by atoms with van der Waals surface area (Å²) in [6, 6.07) is 9.70. The fraction of sp³-hybridized carbons (Fsp3) is 0.625. The molecule has 1 aliphatic rings. The van der Waals surface area contributed by atoms with Crippen LogP contribution in [0.25, 0.3) is 0 Å². The van der Waals surface area contributed by atoms with Gasteiger partial charge < -0.3 is 30.0 Å². The van der Waals surface area contributed by atoms with Crippen LogP contribution in [0.2, 0.25) is 0 Å². The van der Waals surface area contributed by atoms with Gasteiger partial charge in [-0.05, 0) is 49.8 Å². The van der Waals surface area contributed by atoms with Gasteiger partial charge in [0.25, 0.3) is 5.08 Å². The van der Waals surface area contributed by atoms with Gasteiger partial charge in [0.2, 0.25) is 0 Å². The first-order chi connectivity index (χ1) is 12.1. The average molecular weight is 407 g/mol. The van der Waals surface area contributed by atoms with E-state index in [4.69, 9.17) is 0 Å². The molecule has 2 rings (SSSR count). The van der Waals surface area contributed by atoms with Crippen molar-refractivity contribution in [3.05, 3.63) is 35.9 Å². The molecule has 0 bridgehead atoms. The van der Waals surface area contributed by atoms with Crippen molar-refractivity contribution in [3.8, 4) is 0 Å².